The Morgan fingerprint density at radius 3 is 2.33 bits per heavy atom. The average Bonchev–Trinajstić information content (AvgIpc) is 2.63. The van der Waals surface area contributed by atoms with Gasteiger partial charge in [-0.1, -0.05) is 60.7 Å². The Balaban J connectivity index is 1.56. The summed E-state index contributed by atoms with van der Waals surface area (Å²) in [5, 5.41) is 0. The third-order valence-electron chi connectivity index (χ3n) is 4.74. The molecular weight excluding hydrogens is 296 g/mol. The van der Waals surface area contributed by atoms with Crippen LogP contribution < -0.4 is 0 Å². The van der Waals surface area contributed by atoms with Gasteiger partial charge in [-0.2, -0.15) is 0 Å². The van der Waals surface area contributed by atoms with Crippen LogP contribution in [0.5, 0.6) is 0 Å². The highest BCUT2D eigenvalue weighted by Gasteiger charge is 2.27. The van der Waals surface area contributed by atoms with Gasteiger partial charge in [0.05, 0.1) is 5.92 Å². The van der Waals surface area contributed by atoms with Gasteiger partial charge in [0.15, 0.2) is 0 Å². The van der Waals surface area contributed by atoms with Crippen molar-refractivity contribution in [1.82, 2.24) is 9.80 Å². The van der Waals surface area contributed by atoms with Crippen LogP contribution in [0.1, 0.15) is 24.0 Å². The maximum absolute atomic E-state index is 12.8. The molecule has 2 aromatic carbocycles. The molecule has 3 rings (SSSR count). The fourth-order valence-corrected chi connectivity index (χ4v) is 3.49. The lowest BCUT2D eigenvalue weighted by Crippen LogP contribution is -2.43. The minimum Gasteiger partial charge on any atom is -0.341 e. The van der Waals surface area contributed by atoms with Crippen LogP contribution in [0.3, 0.4) is 0 Å². The van der Waals surface area contributed by atoms with Crippen LogP contribution in [0.15, 0.2) is 60.7 Å². The van der Waals surface area contributed by atoms with Crippen LogP contribution >= 0.6 is 0 Å². The Morgan fingerprint density at radius 1 is 1.04 bits per heavy atom. The van der Waals surface area contributed by atoms with Crippen molar-refractivity contribution >= 4 is 5.91 Å². The molecule has 0 saturated carbocycles. The van der Waals surface area contributed by atoms with Crippen LogP contribution in [0.25, 0.3) is 0 Å². The number of benzene rings is 2. The number of carbonyl (C=O) groups is 1. The summed E-state index contributed by atoms with van der Waals surface area (Å²) in [7, 11) is 1.92. The minimum atomic E-state index is 0.121. The zero-order valence-corrected chi connectivity index (χ0v) is 14.4. The van der Waals surface area contributed by atoms with Crippen molar-refractivity contribution in [2.75, 3.05) is 20.1 Å². The summed E-state index contributed by atoms with van der Waals surface area (Å²) in [5.41, 5.74) is 2.51. The Kier molecular flexibility index (Phi) is 5.65. The van der Waals surface area contributed by atoms with Gasteiger partial charge in [0.1, 0.15) is 0 Å². The normalized spacial score (nSPS) is 18.3. The smallest absolute Gasteiger partial charge is 0.227 e. The van der Waals surface area contributed by atoms with E-state index in [9.17, 15) is 4.79 Å². The Hall–Kier alpha value is -2.13. The maximum Gasteiger partial charge on any atom is 0.227 e. The lowest BCUT2D eigenvalue weighted by Gasteiger charge is -2.34. The zero-order chi connectivity index (χ0) is 16.8. The maximum atomic E-state index is 12.8. The summed E-state index contributed by atoms with van der Waals surface area (Å²) in [6.45, 7) is 3.58. The van der Waals surface area contributed by atoms with E-state index in [1.54, 1.807) is 0 Å². The van der Waals surface area contributed by atoms with Gasteiger partial charge in [-0.3, -0.25) is 9.69 Å². The molecule has 1 saturated heterocycles. The van der Waals surface area contributed by atoms with Gasteiger partial charge in [0, 0.05) is 26.7 Å². The zero-order valence-electron chi connectivity index (χ0n) is 14.4. The summed E-state index contributed by atoms with van der Waals surface area (Å²) < 4.78 is 0. The topological polar surface area (TPSA) is 23.6 Å². The van der Waals surface area contributed by atoms with E-state index in [1.165, 1.54) is 11.1 Å². The van der Waals surface area contributed by atoms with E-state index in [1.807, 2.05) is 36.2 Å². The van der Waals surface area contributed by atoms with E-state index < -0.39 is 0 Å². The number of hydrogen-bond acceptors (Lipinski definition) is 2. The van der Waals surface area contributed by atoms with Gasteiger partial charge in [-0.15, -0.1) is 0 Å². The summed E-state index contributed by atoms with van der Waals surface area (Å²) >= 11 is 0. The Labute approximate surface area is 144 Å². The van der Waals surface area contributed by atoms with Crippen molar-refractivity contribution in [2.24, 2.45) is 5.92 Å². The van der Waals surface area contributed by atoms with Gasteiger partial charge in [-0.25, -0.2) is 0 Å². The Morgan fingerprint density at radius 2 is 1.67 bits per heavy atom. The number of likely N-dealkylation sites (tertiary alicyclic amines) is 1. The second-order valence-electron chi connectivity index (χ2n) is 6.74. The van der Waals surface area contributed by atoms with Crippen molar-refractivity contribution in [2.45, 2.75) is 25.9 Å². The van der Waals surface area contributed by atoms with E-state index in [4.69, 9.17) is 0 Å². The molecule has 126 valence electrons. The number of piperidine rings is 1. The van der Waals surface area contributed by atoms with E-state index in [2.05, 4.69) is 41.3 Å². The van der Waals surface area contributed by atoms with Crippen molar-refractivity contribution in [3.8, 4) is 0 Å². The number of hydrogen-bond donors (Lipinski definition) is 0. The van der Waals surface area contributed by atoms with Crippen molar-refractivity contribution in [1.29, 1.82) is 0 Å². The number of nitrogens with zero attached hydrogens (tertiary/aromatic N) is 2. The molecule has 0 aliphatic carbocycles. The second kappa shape index (κ2) is 8.11. The van der Waals surface area contributed by atoms with E-state index >= 15 is 0 Å². The molecule has 1 fully saturated rings. The fraction of sp³-hybridized carbons (Fsp3) is 0.381. The predicted molar refractivity (Wildman–Crippen MR) is 97.4 cm³/mol. The number of amides is 1. The summed E-state index contributed by atoms with van der Waals surface area (Å²) in [6.07, 6.45) is 2.10. The molecule has 1 heterocycles. The van der Waals surface area contributed by atoms with Crippen molar-refractivity contribution in [3.05, 3.63) is 71.8 Å². The largest absolute Gasteiger partial charge is 0.341 e. The van der Waals surface area contributed by atoms with E-state index in [-0.39, 0.29) is 11.8 Å². The van der Waals surface area contributed by atoms with Gasteiger partial charge in [0.25, 0.3) is 0 Å². The Bertz CT molecular complexity index is 641. The molecule has 1 aliphatic rings. The van der Waals surface area contributed by atoms with Crippen LogP contribution in [0, 0.1) is 5.92 Å². The lowest BCUT2D eigenvalue weighted by atomic mass is 9.96. The first-order valence-corrected chi connectivity index (χ1v) is 8.77. The first kappa shape index (κ1) is 16.7. The fourth-order valence-electron chi connectivity index (χ4n) is 3.49. The molecule has 0 aromatic heterocycles. The van der Waals surface area contributed by atoms with Gasteiger partial charge in [0.2, 0.25) is 5.91 Å². The van der Waals surface area contributed by atoms with Crippen molar-refractivity contribution < 1.29 is 4.79 Å². The molecule has 1 amide bonds. The summed E-state index contributed by atoms with van der Waals surface area (Å²) in [4.78, 5) is 17.1. The second-order valence-corrected chi connectivity index (χ2v) is 6.74. The molecule has 1 atom stereocenters. The van der Waals surface area contributed by atoms with Crippen LogP contribution in [-0.4, -0.2) is 35.8 Å². The summed E-state index contributed by atoms with van der Waals surface area (Å²) in [6, 6.07) is 20.7. The van der Waals surface area contributed by atoms with Crippen LogP contribution in [0.4, 0.5) is 0 Å². The number of rotatable bonds is 5. The molecule has 1 aliphatic heterocycles. The third-order valence-corrected chi connectivity index (χ3v) is 4.74. The monoisotopic (exact) mass is 322 g/mol. The first-order chi connectivity index (χ1) is 11.7. The summed E-state index contributed by atoms with van der Waals surface area (Å²) in [5.74, 6) is 0.396. The van der Waals surface area contributed by atoms with Gasteiger partial charge >= 0.3 is 0 Å². The first-order valence-electron chi connectivity index (χ1n) is 8.77. The number of carbonyl (C=O) groups excluding carboxylic acids is 1. The third kappa shape index (κ3) is 4.45. The minimum absolute atomic E-state index is 0.121. The highest BCUT2D eigenvalue weighted by atomic mass is 16.2. The highest BCUT2D eigenvalue weighted by Crippen LogP contribution is 2.21. The van der Waals surface area contributed by atoms with Gasteiger partial charge in [-0.05, 0) is 30.5 Å². The molecule has 3 nitrogen and oxygen atoms in total. The molecule has 2 aromatic rings. The molecular formula is C21H26N2O. The predicted octanol–water partition coefficient (Wildman–Crippen LogP) is 3.56. The molecule has 0 unspecified atom stereocenters. The highest BCUT2D eigenvalue weighted by molar-refractivity contribution is 5.78. The molecule has 24 heavy (non-hydrogen) atoms. The van der Waals surface area contributed by atoms with Crippen LogP contribution in [0.2, 0.25) is 0 Å². The lowest BCUT2D eigenvalue weighted by molar-refractivity contribution is -0.136. The molecule has 0 N–H and O–H groups in total. The van der Waals surface area contributed by atoms with Gasteiger partial charge < -0.3 is 4.90 Å². The quantitative estimate of drug-likeness (QED) is 0.840. The van der Waals surface area contributed by atoms with E-state index in [0.717, 1.165) is 32.5 Å². The standard InChI is InChI=1S/C21H26N2O/c1-22(15-18-9-4-2-5-10-18)21(24)20-13-8-14-23(17-20)16-19-11-6-3-7-12-19/h2-7,9-12,20H,8,13-17H2,1H3/t20-/m1/s1. The van der Waals surface area contributed by atoms with Crippen molar-refractivity contribution in [3.63, 3.8) is 0 Å². The molecule has 0 radical (unpaired) electrons. The molecule has 0 spiro atoms. The van der Waals surface area contributed by atoms with Crippen LogP contribution in [-0.2, 0) is 17.9 Å². The SMILES string of the molecule is CN(Cc1ccccc1)C(=O)[C@@H]1CCCN(Cc2ccccc2)C1. The molecule has 3 heteroatoms. The molecule has 0 bridgehead atoms. The average molecular weight is 322 g/mol. The van der Waals surface area contributed by atoms with E-state index in [0.29, 0.717) is 6.54 Å².